The number of ether oxygens (including phenoxy) is 2. The van der Waals surface area contributed by atoms with Gasteiger partial charge in [-0.05, 0) is 36.1 Å². The van der Waals surface area contributed by atoms with Crippen LogP contribution in [0.25, 0.3) is 0 Å². The molecule has 0 radical (unpaired) electrons. The Kier molecular flexibility index (Phi) is 6.85. The third-order valence-electron chi connectivity index (χ3n) is 5.51. The van der Waals surface area contributed by atoms with Crippen LogP contribution in [0.5, 0.6) is 5.75 Å². The lowest BCUT2D eigenvalue weighted by molar-refractivity contribution is -0.139. The maximum Gasteiger partial charge on any atom is 0.341 e. The predicted molar refractivity (Wildman–Crippen MR) is 121 cm³/mol. The van der Waals surface area contributed by atoms with E-state index in [0.29, 0.717) is 12.4 Å². The lowest BCUT2D eigenvalue weighted by atomic mass is 10.0. The summed E-state index contributed by atoms with van der Waals surface area (Å²) in [4.78, 5) is 13.2. The van der Waals surface area contributed by atoms with Crippen LogP contribution >= 0.6 is 0 Å². The highest BCUT2D eigenvalue weighted by atomic mass is 16.5. The number of rotatable bonds is 9. The van der Waals surface area contributed by atoms with Gasteiger partial charge in [-0.25, -0.2) is 4.79 Å². The Morgan fingerprint density at radius 3 is 2.26 bits per heavy atom. The number of fused-ring (bicyclic) bond motifs is 1. The zero-order valence-corrected chi connectivity index (χ0v) is 17.4. The Balaban J connectivity index is 1.46. The Bertz CT molecular complexity index is 951. The number of aliphatic carboxylic acids is 1. The fourth-order valence-corrected chi connectivity index (χ4v) is 4.10. The highest BCUT2D eigenvalue weighted by molar-refractivity contribution is 5.69. The number of carboxylic acids is 1. The molecule has 0 amide bonds. The van der Waals surface area contributed by atoms with E-state index in [1.165, 1.54) is 0 Å². The van der Waals surface area contributed by atoms with Gasteiger partial charge in [0.2, 0.25) is 0 Å². The van der Waals surface area contributed by atoms with E-state index < -0.39 is 5.97 Å². The van der Waals surface area contributed by atoms with Crippen molar-refractivity contribution in [2.45, 2.75) is 18.9 Å². The number of anilines is 1. The van der Waals surface area contributed by atoms with Crippen LogP contribution in [0.2, 0.25) is 0 Å². The zero-order chi connectivity index (χ0) is 21.5. The van der Waals surface area contributed by atoms with Crippen molar-refractivity contribution in [2.75, 3.05) is 31.2 Å². The summed E-state index contributed by atoms with van der Waals surface area (Å²) in [6.45, 7) is 1.95. The van der Waals surface area contributed by atoms with E-state index >= 15 is 0 Å². The number of nitrogens with zero attached hydrogens (tertiary/aromatic N) is 1. The van der Waals surface area contributed by atoms with Gasteiger partial charge >= 0.3 is 5.97 Å². The molecule has 1 aliphatic rings. The van der Waals surface area contributed by atoms with Gasteiger partial charge in [0, 0.05) is 24.3 Å². The summed E-state index contributed by atoms with van der Waals surface area (Å²) in [6.07, 6.45) is 1.78. The van der Waals surface area contributed by atoms with Crippen LogP contribution in [0, 0.1) is 0 Å². The maximum atomic E-state index is 10.9. The van der Waals surface area contributed by atoms with Gasteiger partial charge < -0.3 is 19.5 Å². The first-order chi connectivity index (χ1) is 15.2. The molecule has 5 nitrogen and oxygen atoms in total. The van der Waals surface area contributed by atoms with Gasteiger partial charge in [0.15, 0.2) is 6.61 Å². The van der Waals surface area contributed by atoms with E-state index in [9.17, 15) is 4.79 Å². The van der Waals surface area contributed by atoms with Gasteiger partial charge in [0.05, 0.1) is 6.61 Å². The van der Waals surface area contributed by atoms with Crippen molar-refractivity contribution >= 4 is 11.7 Å². The zero-order valence-electron chi connectivity index (χ0n) is 17.4. The summed E-state index contributed by atoms with van der Waals surface area (Å²) >= 11 is 0. The van der Waals surface area contributed by atoms with E-state index in [1.807, 2.05) is 48.5 Å². The molecular formula is C26H27NO4. The summed E-state index contributed by atoms with van der Waals surface area (Å²) in [7, 11) is 0. The van der Waals surface area contributed by atoms with Crippen molar-refractivity contribution in [2.24, 2.45) is 0 Å². The van der Waals surface area contributed by atoms with Crippen molar-refractivity contribution in [1.29, 1.82) is 0 Å². The topological polar surface area (TPSA) is 59.0 Å². The minimum atomic E-state index is -0.966. The highest BCUT2D eigenvalue weighted by Crippen LogP contribution is 2.34. The van der Waals surface area contributed by atoms with E-state index in [4.69, 9.17) is 14.6 Å². The Hall–Kier alpha value is -3.31. The minimum absolute atomic E-state index is 0.114. The van der Waals surface area contributed by atoms with Crippen molar-refractivity contribution in [3.8, 4) is 5.75 Å². The van der Waals surface area contributed by atoms with Crippen LogP contribution in [0.3, 0.4) is 0 Å². The Labute approximate surface area is 182 Å². The smallest absolute Gasteiger partial charge is 0.341 e. The summed E-state index contributed by atoms with van der Waals surface area (Å²) in [5, 5.41) is 8.93. The van der Waals surface area contributed by atoms with Gasteiger partial charge in [0.1, 0.15) is 11.9 Å². The van der Waals surface area contributed by atoms with Crippen LogP contribution in [0.1, 0.15) is 29.2 Å². The fourth-order valence-electron chi connectivity index (χ4n) is 4.10. The second-order valence-corrected chi connectivity index (χ2v) is 7.60. The number of carbonyl (C=O) groups is 1. The third kappa shape index (κ3) is 5.25. The minimum Gasteiger partial charge on any atom is -0.482 e. The lowest BCUT2D eigenvalue weighted by Crippen LogP contribution is -2.33. The van der Waals surface area contributed by atoms with Gasteiger partial charge in [-0.2, -0.15) is 0 Å². The van der Waals surface area contributed by atoms with E-state index in [1.54, 1.807) is 0 Å². The molecule has 31 heavy (non-hydrogen) atoms. The molecule has 0 fully saturated rings. The molecule has 0 saturated heterocycles. The van der Waals surface area contributed by atoms with Gasteiger partial charge in [-0.1, -0.05) is 66.7 Å². The molecule has 0 aliphatic carbocycles. The molecule has 4 rings (SSSR count). The monoisotopic (exact) mass is 417 g/mol. The van der Waals surface area contributed by atoms with Crippen molar-refractivity contribution in [1.82, 2.24) is 0 Å². The Morgan fingerprint density at radius 1 is 0.935 bits per heavy atom. The van der Waals surface area contributed by atoms with E-state index in [2.05, 4.69) is 35.2 Å². The molecule has 3 aromatic carbocycles. The highest BCUT2D eigenvalue weighted by Gasteiger charge is 2.21. The molecule has 3 aromatic rings. The van der Waals surface area contributed by atoms with Crippen LogP contribution in [0.15, 0.2) is 78.9 Å². The van der Waals surface area contributed by atoms with E-state index in [0.717, 1.165) is 48.3 Å². The number of hydrogen-bond donors (Lipinski definition) is 1. The summed E-state index contributed by atoms with van der Waals surface area (Å²) in [6, 6.07) is 26.4. The van der Waals surface area contributed by atoms with Crippen molar-refractivity contribution in [3.63, 3.8) is 0 Å². The average Bonchev–Trinajstić information content (AvgIpc) is 2.81. The summed E-state index contributed by atoms with van der Waals surface area (Å²) in [5.41, 5.74) is 4.46. The number of benzene rings is 3. The first kappa shape index (κ1) is 20.9. The first-order valence-corrected chi connectivity index (χ1v) is 10.7. The number of carboxylic acid groups (broad SMARTS) is 1. The molecule has 0 atom stereocenters. The molecule has 5 heteroatoms. The molecular weight excluding hydrogens is 390 g/mol. The molecule has 1 heterocycles. The molecule has 160 valence electrons. The standard InChI is InChI=1S/C26H27NO4/c28-25(29)19-31-24-15-7-14-23-22(24)13-8-16-27(23)17-18-30-26(20-9-3-1-4-10-20)21-11-5-2-6-12-21/h1-7,9-12,14-15,26H,8,13,16-19H2,(H,28,29). The molecule has 0 saturated carbocycles. The normalized spacial score (nSPS) is 13.1. The van der Waals surface area contributed by atoms with Crippen LogP contribution in [-0.2, 0) is 16.0 Å². The first-order valence-electron chi connectivity index (χ1n) is 10.7. The van der Waals surface area contributed by atoms with Gasteiger partial charge in [-0.3, -0.25) is 0 Å². The lowest BCUT2D eigenvalue weighted by Gasteiger charge is -2.32. The fraction of sp³-hybridized carbons (Fsp3) is 0.269. The molecule has 0 spiro atoms. The summed E-state index contributed by atoms with van der Waals surface area (Å²) < 4.78 is 11.9. The third-order valence-corrected chi connectivity index (χ3v) is 5.51. The van der Waals surface area contributed by atoms with Crippen molar-refractivity contribution < 1.29 is 19.4 Å². The Morgan fingerprint density at radius 2 is 1.61 bits per heavy atom. The average molecular weight is 418 g/mol. The maximum absolute atomic E-state index is 10.9. The second kappa shape index (κ2) is 10.1. The van der Waals surface area contributed by atoms with Crippen LogP contribution < -0.4 is 9.64 Å². The quantitative estimate of drug-likeness (QED) is 0.546. The largest absolute Gasteiger partial charge is 0.482 e. The van der Waals surface area contributed by atoms with Crippen molar-refractivity contribution in [3.05, 3.63) is 95.6 Å². The second-order valence-electron chi connectivity index (χ2n) is 7.60. The van der Waals surface area contributed by atoms with Gasteiger partial charge in [0.25, 0.3) is 0 Å². The predicted octanol–water partition coefficient (Wildman–Crippen LogP) is 4.71. The molecule has 0 aromatic heterocycles. The van der Waals surface area contributed by atoms with Crippen LogP contribution in [-0.4, -0.2) is 37.4 Å². The van der Waals surface area contributed by atoms with Gasteiger partial charge in [-0.15, -0.1) is 0 Å². The molecule has 1 aliphatic heterocycles. The summed E-state index contributed by atoms with van der Waals surface area (Å²) in [5.74, 6) is -0.302. The van der Waals surface area contributed by atoms with E-state index in [-0.39, 0.29) is 12.7 Å². The van der Waals surface area contributed by atoms with Crippen LogP contribution in [0.4, 0.5) is 5.69 Å². The SMILES string of the molecule is O=C(O)COc1cccc2c1CCCN2CCOC(c1ccccc1)c1ccccc1. The molecule has 0 unspecified atom stereocenters. The molecule has 1 N–H and O–H groups in total. The number of hydrogen-bond acceptors (Lipinski definition) is 4. The molecule has 0 bridgehead atoms.